The van der Waals surface area contributed by atoms with Crippen molar-refractivity contribution in [2.75, 3.05) is 0 Å². The maximum Gasteiger partial charge on any atom is 0.258 e. The van der Waals surface area contributed by atoms with Crippen LogP contribution in [0.1, 0.15) is 55.7 Å². The highest BCUT2D eigenvalue weighted by atomic mass is 35.5. The van der Waals surface area contributed by atoms with E-state index in [1.807, 2.05) is 35.8 Å². The number of thioether (sulfide) groups is 1. The van der Waals surface area contributed by atoms with Crippen molar-refractivity contribution in [3.05, 3.63) is 91.7 Å². The maximum absolute atomic E-state index is 14.2. The molecule has 2 aromatic carbocycles. The normalized spacial score (nSPS) is 16.2. The summed E-state index contributed by atoms with van der Waals surface area (Å²) in [5.41, 5.74) is 6.17. The van der Waals surface area contributed by atoms with Crippen LogP contribution in [0.3, 0.4) is 0 Å². The highest BCUT2D eigenvalue weighted by Gasteiger charge is 2.43. The predicted octanol–water partition coefficient (Wildman–Crippen LogP) is 7.84. The van der Waals surface area contributed by atoms with Gasteiger partial charge in [0.15, 0.2) is 5.16 Å². The highest BCUT2D eigenvalue weighted by molar-refractivity contribution is 7.98. The van der Waals surface area contributed by atoms with Gasteiger partial charge in [-0.25, -0.2) is 4.98 Å². The van der Waals surface area contributed by atoms with Crippen molar-refractivity contribution in [3.63, 3.8) is 0 Å². The van der Waals surface area contributed by atoms with Crippen LogP contribution in [0.5, 0.6) is 0 Å². The van der Waals surface area contributed by atoms with Crippen molar-refractivity contribution in [3.8, 4) is 11.3 Å². The molecule has 0 atom stereocenters. The summed E-state index contributed by atoms with van der Waals surface area (Å²) in [7, 11) is 0. The lowest BCUT2D eigenvalue weighted by Gasteiger charge is -2.42. The standard InChI is InChI=1S/C28H28Cl2N2OS/c1-18(2)16-32-26(33)24-25(31-27(32)34-17-19-10-11-22(29)23(30)14-19)21-9-5-4-8-20(21)15-28(24)12-6-3-7-13-28/h4-5,8-11,14H,1,3,6-7,12-13,15-17H2,2H3. The summed E-state index contributed by atoms with van der Waals surface area (Å²) in [6.07, 6.45) is 6.59. The average Bonchev–Trinajstić information content (AvgIpc) is 2.82. The van der Waals surface area contributed by atoms with Gasteiger partial charge < -0.3 is 0 Å². The van der Waals surface area contributed by atoms with Crippen LogP contribution in [0.4, 0.5) is 0 Å². The first kappa shape index (κ1) is 23.7. The Hall–Kier alpha value is -2.01. The van der Waals surface area contributed by atoms with Gasteiger partial charge in [-0.1, -0.05) is 96.7 Å². The zero-order chi connectivity index (χ0) is 23.9. The third-order valence-corrected chi connectivity index (χ3v) is 8.84. The molecule has 0 bridgehead atoms. The Bertz CT molecular complexity index is 1320. The van der Waals surface area contributed by atoms with Gasteiger partial charge in [-0.15, -0.1) is 0 Å². The molecule has 1 heterocycles. The Balaban J connectivity index is 1.66. The molecular formula is C28H28Cl2N2OS. The molecule has 176 valence electrons. The molecule has 3 nitrogen and oxygen atoms in total. The van der Waals surface area contributed by atoms with Crippen molar-refractivity contribution < 1.29 is 0 Å². The minimum Gasteiger partial charge on any atom is -0.283 e. The van der Waals surface area contributed by atoms with Crippen molar-refractivity contribution in [1.29, 1.82) is 0 Å². The summed E-state index contributed by atoms with van der Waals surface area (Å²) < 4.78 is 1.84. The van der Waals surface area contributed by atoms with Gasteiger partial charge in [0.05, 0.1) is 21.3 Å². The zero-order valence-corrected chi connectivity index (χ0v) is 21.7. The topological polar surface area (TPSA) is 34.9 Å². The quantitative estimate of drug-likeness (QED) is 0.199. The molecule has 1 saturated carbocycles. The van der Waals surface area contributed by atoms with Crippen LogP contribution in [0, 0.1) is 0 Å². The smallest absolute Gasteiger partial charge is 0.258 e. The number of benzene rings is 2. The first-order valence-corrected chi connectivity index (χ1v) is 13.6. The second-order valence-electron chi connectivity index (χ2n) is 9.68. The molecule has 0 aliphatic heterocycles. The summed E-state index contributed by atoms with van der Waals surface area (Å²) in [4.78, 5) is 19.4. The first-order valence-electron chi connectivity index (χ1n) is 11.8. The molecule has 2 aliphatic carbocycles. The lowest BCUT2D eigenvalue weighted by Crippen LogP contribution is -2.43. The number of rotatable bonds is 5. The molecule has 2 aliphatic rings. The van der Waals surface area contributed by atoms with Gasteiger partial charge in [-0.3, -0.25) is 9.36 Å². The lowest BCUT2D eigenvalue weighted by atomic mass is 9.62. The molecule has 0 saturated heterocycles. The van der Waals surface area contributed by atoms with Crippen LogP contribution in [-0.2, 0) is 24.1 Å². The van der Waals surface area contributed by atoms with Gasteiger partial charge in [0.1, 0.15) is 0 Å². The monoisotopic (exact) mass is 510 g/mol. The molecular weight excluding hydrogens is 483 g/mol. The van der Waals surface area contributed by atoms with E-state index in [1.165, 1.54) is 12.0 Å². The minimum absolute atomic E-state index is 0.0982. The van der Waals surface area contributed by atoms with Crippen LogP contribution < -0.4 is 5.56 Å². The van der Waals surface area contributed by atoms with Gasteiger partial charge in [-0.05, 0) is 49.4 Å². The second kappa shape index (κ2) is 9.56. The predicted molar refractivity (Wildman–Crippen MR) is 143 cm³/mol. The molecule has 1 spiro atoms. The Morgan fingerprint density at radius 2 is 1.88 bits per heavy atom. The Morgan fingerprint density at radius 1 is 1.12 bits per heavy atom. The van der Waals surface area contributed by atoms with Crippen molar-refractivity contribution in [1.82, 2.24) is 9.55 Å². The van der Waals surface area contributed by atoms with E-state index in [0.717, 1.165) is 65.2 Å². The molecule has 0 unspecified atom stereocenters. The third kappa shape index (κ3) is 4.36. The molecule has 0 amide bonds. The zero-order valence-electron chi connectivity index (χ0n) is 19.4. The molecule has 6 heteroatoms. The van der Waals surface area contributed by atoms with Gasteiger partial charge in [0.25, 0.3) is 5.56 Å². The van der Waals surface area contributed by atoms with Gasteiger partial charge >= 0.3 is 0 Å². The van der Waals surface area contributed by atoms with E-state index in [0.29, 0.717) is 22.3 Å². The molecule has 0 radical (unpaired) electrons. The molecule has 1 fully saturated rings. The van der Waals surface area contributed by atoms with Crippen LogP contribution in [0.2, 0.25) is 10.0 Å². The van der Waals surface area contributed by atoms with Crippen molar-refractivity contribution in [2.45, 2.75) is 68.3 Å². The Kier molecular flexibility index (Phi) is 6.67. The van der Waals surface area contributed by atoms with E-state index in [4.69, 9.17) is 28.2 Å². The maximum atomic E-state index is 14.2. The fraction of sp³-hybridized carbons (Fsp3) is 0.357. The van der Waals surface area contributed by atoms with Gasteiger partial charge in [0, 0.05) is 23.3 Å². The van der Waals surface area contributed by atoms with E-state index in [2.05, 4.69) is 24.8 Å². The number of fused-ring (bicyclic) bond motifs is 4. The fourth-order valence-corrected chi connectivity index (χ4v) is 6.77. The number of hydrogen-bond donors (Lipinski definition) is 0. The van der Waals surface area contributed by atoms with Crippen LogP contribution in [-0.4, -0.2) is 9.55 Å². The summed E-state index contributed by atoms with van der Waals surface area (Å²) in [6, 6.07) is 14.1. The number of aromatic nitrogens is 2. The van der Waals surface area contributed by atoms with Crippen molar-refractivity contribution in [2.24, 2.45) is 0 Å². The second-order valence-corrected chi connectivity index (χ2v) is 11.4. The molecule has 34 heavy (non-hydrogen) atoms. The lowest BCUT2D eigenvalue weighted by molar-refractivity contribution is 0.282. The molecule has 0 N–H and O–H groups in total. The summed E-state index contributed by atoms with van der Waals surface area (Å²) in [5.74, 6) is 0.644. The largest absolute Gasteiger partial charge is 0.283 e. The molecule has 5 rings (SSSR count). The van der Waals surface area contributed by atoms with Crippen molar-refractivity contribution >= 4 is 35.0 Å². The molecule has 3 aromatic rings. The minimum atomic E-state index is -0.115. The average molecular weight is 512 g/mol. The van der Waals surface area contributed by atoms with Crippen LogP contribution in [0.25, 0.3) is 11.3 Å². The third-order valence-electron chi connectivity index (χ3n) is 7.06. The van der Waals surface area contributed by atoms with Crippen LogP contribution >= 0.6 is 35.0 Å². The van der Waals surface area contributed by atoms with Gasteiger partial charge in [0.2, 0.25) is 0 Å². The number of nitrogens with zero attached hydrogens (tertiary/aromatic N) is 2. The van der Waals surface area contributed by atoms with Crippen LogP contribution in [0.15, 0.2) is 64.6 Å². The number of hydrogen-bond acceptors (Lipinski definition) is 3. The van der Waals surface area contributed by atoms with E-state index in [-0.39, 0.29) is 11.0 Å². The molecule has 1 aromatic heterocycles. The first-order chi connectivity index (χ1) is 16.4. The van der Waals surface area contributed by atoms with E-state index < -0.39 is 0 Å². The SMILES string of the molecule is C=C(C)Cn1c(SCc2ccc(Cl)c(Cl)c2)nc2c(c1=O)C1(CCCCC1)Cc1ccccc1-2. The van der Waals surface area contributed by atoms with Gasteiger partial charge in [-0.2, -0.15) is 0 Å². The summed E-state index contributed by atoms with van der Waals surface area (Å²) >= 11 is 13.9. The summed E-state index contributed by atoms with van der Waals surface area (Å²) in [6.45, 7) is 6.53. The fourth-order valence-electron chi connectivity index (χ4n) is 5.52. The van der Waals surface area contributed by atoms with E-state index in [9.17, 15) is 4.79 Å². The summed E-state index contributed by atoms with van der Waals surface area (Å²) in [5, 5.41) is 1.79. The van der Waals surface area contributed by atoms with E-state index >= 15 is 0 Å². The number of allylic oxidation sites excluding steroid dienone is 1. The Labute approximate surface area is 215 Å². The van der Waals surface area contributed by atoms with E-state index in [1.54, 1.807) is 11.8 Å². The Morgan fingerprint density at radius 3 is 2.62 bits per heavy atom. The number of halogens is 2. The highest BCUT2D eigenvalue weighted by Crippen LogP contribution is 2.49.